The third-order valence-corrected chi connectivity index (χ3v) is 8.27. The number of nitrogens with zero attached hydrogens (tertiary/aromatic N) is 2. The van der Waals surface area contributed by atoms with E-state index in [0.717, 1.165) is 12.0 Å². The van der Waals surface area contributed by atoms with Gasteiger partial charge in [0.2, 0.25) is 21.8 Å². The molecule has 0 unspecified atom stereocenters. The lowest BCUT2D eigenvalue weighted by Crippen LogP contribution is -2.50. The van der Waals surface area contributed by atoms with Crippen molar-refractivity contribution in [1.29, 1.82) is 0 Å². The maximum Gasteiger partial charge on any atom is 0.243 e. The molecule has 7 nitrogen and oxygen atoms in total. The fraction of sp³-hybridized carbons (Fsp3) is 0.333. The molecule has 0 bridgehead atoms. The Kier molecular flexibility index (Phi) is 11.2. The highest BCUT2D eigenvalue weighted by molar-refractivity contribution is 7.89. The molecule has 0 fully saturated rings. The number of amides is 2. The van der Waals surface area contributed by atoms with Gasteiger partial charge in [-0.3, -0.25) is 9.59 Å². The molecule has 0 aliphatic heterocycles. The number of carbonyl (C=O) groups is 2. The van der Waals surface area contributed by atoms with Crippen molar-refractivity contribution in [1.82, 2.24) is 14.5 Å². The van der Waals surface area contributed by atoms with Crippen molar-refractivity contribution in [2.45, 2.75) is 50.1 Å². The van der Waals surface area contributed by atoms with Crippen LogP contribution in [0.3, 0.4) is 0 Å². The highest BCUT2D eigenvalue weighted by Gasteiger charge is 2.30. The van der Waals surface area contributed by atoms with Crippen LogP contribution in [0, 0.1) is 5.82 Å². The molecule has 0 heterocycles. The summed E-state index contributed by atoms with van der Waals surface area (Å²) in [6, 6.07) is 22.6. The molecule has 0 aliphatic rings. The Bertz CT molecular complexity index is 1300. The van der Waals surface area contributed by atoms with Crippen LogP contribution in [0.1, 0.15) is 37.3 Å². The summed E-state index contributed by atoms with van der Waals surface area (Å²) in [4.78, 5) is 28.7. The molecule has 0 saturated heterocycles. The summed E-state index contributed by atoms with van der Waals surface area (Å²) in [5.74, 6) is -0.932. The molecule has 3 rings (SSSR count). The molecule has 0 radical (unpaired) electrons. The second-order valence-electron chi connectivity index (χ2n) is 9.39. The second-order valence-corrected chi connectivity index (χ2v) is 11.4. The van der Waals surface area contributed by atoms with Gasteiger partial charge in [0.15, 0.2) is 0 Å². The zero-order valence-electron chi connectivity index (χ0n) is 22.4. The quantitative estimate of drug-likeness (QED) is 0.321. The first-order valence-corrected chi connectivity index (χ1v) is 14.5. The summed E-state index contributed by atoms with van der Waals surface area (Å²) in [6.45, 7) is 2.69. The zero-order chi connectivity index (χ0) is 28.3. The smallest absolute Gasteiger partial charge is 0.243 e. The zero-order valence-corrected chi connectivity index (χ0v) is 23.2. The predicted molar refractivity (Wildman–Crippen MR) is 150 cm³/mol. The molecule has 1 atom stereocenters. The Morgan fingerprint density at radius 1 is 0.897 bits per heavy atom. The van der Waals surface area contributed by atoms with Crippen LogP contribution in [-0.2, 0) is 32.6 Å². The molecule has 0 saturated carbocycles. The van der Waals surface area contributed by atoms with E-state index < -0.39 is 16.1 Å². The van der Waals surface area contributed by atoms with Gasteiger partial charge in [0.25, 0.3) is 0 Å². The highest BCUT2D eigenvalue weighted by Crippen LogP contribution is 2.18. The van der Waals surface area contributed by atoms with E-state index in [1.165, 1.54) is 40.5 Å². The summed E-state index contributed by atoms with van der Waals surface area (Å²) < 4.78 is 40.5. The minimum Gasteiger partial charge on any atom is -0.354 e. The van der Waals surface area contributed by atoms with E-state index in [4.69, 9.17) is 0 Å². The van der Waals surface area contributed by atoms with Gasteiger partial charge >= 0.3 is 0 Å². The molecule has 0 spiro atoms. The molecule has 2 amide bonds. The lowest BCUT2D eigenvalue weighted by molar-refractivity contribution is -0.141. The molecule has 39 heavy (non-hydrogen) atoms. The number of halogens is 1. The SMILES string of the molecule is CCCNC(=O)[C@@H](Cc1ccccc1)N(Cc1ccc(F)cc1)C(=O)CCCN(C)S(=O)(=O)c1ccccc1. The van der Waals surface area contributed by atoms with Gasteiger partial charge in [0.1, 0.15) is 11.9 Å². The first-order chi connectivity index (χ1) is 18.7. The molecule has 1 N–H and O–H groups in total. The van der Waals surface area contributed by atoms with Crippen molar-refractivity contribution in [3.05, 3.63) is 102 Å². The van der Waals surface area contributed by atoms with E-state index in [-0.39, 0.29) is 48.5 Å². The molecular formula is C30H36FN3O4S. The topological polar surface area (TPSA) is 86.8 Å². The van der Waals surface area contributed by atoms with E-state index in [1.54, 1.807) is 30.3 Å². The average molecular weight is 554 g/mol. The van der Waals surface area contributed by atoms with Crippen molar-refractivity contribution in [3.8, 4) is 0 Å². The van der Waals surface area contributed by atoms with Crippen LogP contribution in [0.15, 0.2) is 89.8 Å². The van der Waals surface area contributed by atoms with Gasteiger partial charge in [-0.25, -0.2) is 17.1 Å². The minimum absolute atomic E-state index is 0.0438. The standard InChI is InChI=1S/C30H36FN3O4S/c1-3-20-32-30(36)28(22-24-11-6-4-7-12-24)34(23-25-16-18-26(31)19-17-25)29(35)15-10-21-33(2)39(37,38)27-13-8-5-9-14-27/h4-9,11-14,16-19,28H,3,10,15,20-23H2,1-2H3,(H,32,36)/t28-/m1/s1. The fourth-order valence-corrected chi connectivity index (χ4v) is 5.43. The van der Waals surface area contributed by atoms with E-state index in [1.807, 2.05) is 37.3 Å². The average Bonchev–Trinajstić information content (AvgIpc) is 2.95. The lowest BCUT2D eigenvalue weighted by atomic mass is 10.0. The van der Waals surface area contributed by atoms with E-state index in [2.05, 4.69) is 5.32 Å². The number of carbonyl (C=O) groups excluding carboxylic acids is 2. The fourth-order valence-electron chi connectivity index (χ4n) is 4.20. The Morgan fingerprint density at radius 2 is 1.51 bits per heavy atom. The Balaban J connectivity index is 1.80. The number of sulfonamides is 1. The Morgan fingerprint density at radius 3 is 2.13 bits per heavy atom. The van der Waals surface area contributed by atoms with Gasteiger partial charge in [-0.05, 0) is 48.2 Å². The van der Waals surface area contributed by atoms with Crippen molar-refractivity contribution in [2.24, 2.45) is 0 Å². The van der Waals surface area contributed by atoms with Gasteiger partial charge in [0, 0.05) is 39.5 Å². The molecule has 0 aromatic heterocycles. The van der Waals surface area contributed by atoms with Crippen LogP contribution in [0.2, 0.25) is 0 Å². The van der Waals surface area contributed by atoms with Gasteiger partial charge in [-0.15, -0.1) is 0 Å². The van der Waals surface area contributed by atoms with Crippen molar-refractivity contribution >= 4 is 21.8 Å². The first-order valence-electron chi connectivity index (χ1n) is 13.1. The first kappa shape index (κ1) is 30.0. The van der Waals surface area contributed by atoms with Crippen LogP contribution >= 0.6 is 0 Å². The normalized spacial score (nSPS) is 12.2. The Hall–Kier alpha value is -3.56. The molecule has 3 aromatic carbocycles. The van der Waals surface area contributed by atoms with E-state index in [0.29, 0.717) is 18.5 Å². The summed E-state index contributed by atoms with van der Waals surface area (Å²) >= 11 is 0. The van der Waals surface area contributed by atoms with Crippen LogP contribution in [0.4, 0.5) is 4.39 Å². The lowest BCUT2D eigenvalue weighted by Gasteiger charge is -2.32. The maximum atomic E-state index is 13.6. The number of hydrogen-bond acceptors (Lipinski definition) is 4. The van der Waals surface area contributed by atoms with Crippen molar-refractivity contribution < 1.29 is 22.4 Å². The third-order valence-electron chi connectivity index (χ3n) is 6.40. The number of nitrogens with one attached hydrogen (secondary N) is 1. The highest BCUT2D eigenvalue weighted by atomic mass is 32.2. The summed E-state index contributed by atoms with van der Waals surface area (Å²) in [5.41, 5.74) is 1.59. The van der Waals surface area contributed by atoms with Gasteiger partial charge < -0.3 is 10.2 Å². The third kappa shape index (κ3) is 8.73. The number of hydrogen-bond donors (Lipinski definition) is 1. The van der Waals surface area contributed by atoms with Gasteiger partial charge in [-0.1, -0.05) is 67.6 Å². The van der Waals surface area contributed by atoms with Crippen molar-refractivity contribution in [3.63, 3.8) is 0 Å². The van der Waals surface area contributed by atoms with E-state index in [9.17, 15) is 22.4 Å². The summed E-state index contributed by atoms with van der Waals surface area (Å²) in [7, 11) is -2.20. The molecule has 208 valence electrons. The largest absolute Gasteiger partial charge is 0.354 e. The molecule has 3 aromatic rings. The van der Waals surface area contributed by atoms with Crippen LogP contribution in [0.5, 0.6) is 0 Å². The number of rotatable bonds is 14. The van der Waals surface area contributed by atoms with Gasteiger partial charge in [0.05, 0.1) is 4.90 Å². The predicted octanol–water partition coefficient (Wildman–Crippen LogP) is 4.39. The monoisotopic (exact) mass is 553 g/mol. The van der Waals surface area contributed by atoms with Crippen LogP contribution in [0.25, 0.3) is 0 Å². The summed E-state index contributed by atoms with van der Waals surface area (Å²) in [6.07, 6.45) is 1.38. The maximum absolute atomic E-state index is 13.6. The second kappa shape index (κ2) is 14.6. The number of benzene rings is 3. The molecule has 9 heteroatoms. The molecule has 0 aliphatic carbocycles. The minimum atomic E-state index is -3.68. The summed E-state index contributed by atoms with van der Waals surface area (Å²) in [5, 5.41) is 2.91. The Labute approximate surface area is 230 Å². The van der Waals surface area contributed by atoms with Crippen LogP contribution < -0.4 is 5.32 Å². The van der Waals surface area contributed by atoms with Crippen molar-refractivity contribution in [2.75, 3.05) is 20.1 Å². The van der Waals surface area contributed by atoms with E-state index >= 15 is 0 Å². The van der Waals surface area contributed by atoms with Gasteiger partial charge in [-0.2, -0.15) is 0 Å². The molecular weight excluding hydrogens is 517 g/mol. The van der Waals surface area contributed by atoms with Crippen LogP contribution in [-0.4, -0.2) is 55.6 Å².